The van der Waals surface area contributed by atoms with Crippen LogP contribution in [-0.4, -0.2) is 23.5 Å². The number of hydrogen-bond acceptors (Lipinski definition) is 2. The Balaban J connectivity index is 1.92. The zero-order valence-electron chi connectivity index (χ0n) is 10.9. The molecule has 94 valence electrons. The number of benzene rings is 1. The van der Waals surface area contributed by atoms with Gasteiger partial charge in [-0.1, -0.05) is 37.3 Å². The molecule has 1 aliphatic carbocycles. The van der Waals surface area contributed by atoms with Crippen LogP contribution in [0.5, 0.6) is 0 Å². The van der Waals surface area contributed by atoms with Crippen LogP contribution in [0.25, 0.3) is 0 Å². The number of nitrogens with two attached hydrogens (primary N) is 1. The first-order valence-corrected chi connectivity index (χ1v) is 6.77. The smallest absolute Gasteiger partial charge is 0.0283 e. The summed E-state index contributed by atoms with van der Waals surface area (Å²) in [7, 11) is 0. The molecule has 1 aliphatic rings. The van der Waals surface area contributed by atoms with Crippen molar-refractivity contribution >= 4 is 0 Å². The lowest BCUT2D eigenvalue weighted by atomic mass is 9.77. The number of rotatable bonds is 6. The summed E-state index contributed by atoms with van der Waals surface area (Å²) < 4.78 is 0. The molecule has 0 unspecified atom stereocenters. The third-order valence-corrected chi connectivity index (χ3v) is 3.68. The van der Waals surface area contributed by atoms with Gasteiger partial charge in [-0.2, -0.15) is 0 Å². The highest BCUT2D eigenvalue weighted by Gasteiger charge is 2.33. The second kappa shape index (κ2) is 5.65. The predicted molar refractivity (Wildman–Crippen MR) is 72.8 cm³/mol. The normalized spacial score (nSPS) is 18.1. The molecule has 17 heavy (non-hydrogen) atoms. The second-order valence-corrected chi connectivity index (χ2v) is 5.41. The van der Waals surface area contributed by atoms with E-state index in [9.17, 15) is 0 Å². The molecule has 1 aromatic rings. The Kier molecular flexibility index (Phi) is 4.19. The van der Waals surface area contributed by atoms with Crippen LogP contribution >= 0.6 is 0 Å². The van der Waals surface area contributed by atoms with E-state index < -0.39 is 0 Å². The van der Waals surface area contributed by atoms with Crippen LogP contribution in [0.1, 0.15) is 38.2 Å². The Morgan fingerprint density at radius 3 is 2.47 bits per heavy atom. The summed E-state index contributed by atoms with van der Waals surface area (Å²) in [5, 5.41) is 0. The van der Waals surface area contributed by atoms with Gasteiger partial charge < -0.3 is 5.73 Å². The van der Waals surface area contributed by atoms with E-state index >= 15 is 0 Å². The van der Waals surface area contributed by atoms with Crippen LogP contribution in [0.4, 0.5) is 0 Å². The molecule has 0 saturated heterocycles. The van der Waals surface area contributed by atoms with Crippen LogP contribution in [0.15, 0.2) is 30.3 Å². The Morgan fingerprint density at radius 1 is 1.24 bits per heavy atom. The summed E-state index contributed by atoms with van der Waals surface area (Å²) in [6.45, 7) is 5.47. The highest BCUT2D eigenvalue weighted by molar-refractivity contribution is 5.14. The van der Waals surface area contributed by atoms with Crippen LogP contribution in [0, 0.1) is 0 Å². The molecule has 0 heterocycles. The van der Waals surface area contributed by atoms with Gasteiger partial charge >= 0.3 is 0 Å². The van der Waals surface area contributed by atoms with Gasteiger partial charge in [0.15, 0.2) is 0 Å². The summed E-state index contributed by atoms with van der Waals surface area (Å²) in [5.41, 5.74) is 7.84. The maximum Gasteiger partial charge on any atom is 0.0283 e. The standard InChI is InChI=1S/C15H24N2/c1-2-11-17(13-15(16)9-6-10-15)12-14-7-4-3-5-8-14/h3-5,7-8H,2,6,9-13,16H2,1H3. The molecule has 0 spiro atoms. The highest BCUT2D eigenvalue weighted by atomic mass is 15.1. The van der Waals surface area contributed by atoms with Crippen LogP contribution in [-0.2, 0) is 6.54 Å². The fraction of sp³-hybridized carbons (Fsp3) is 0.600. The minimum Gasteiger partial charge on any atom is -0.324 e. The van der Waals surface area contributed by atoms with Crippen molar-refractivity contribution in [1.29, 1.82) is 0 Å². The molecule has 0 amide bonds. The average Bonchev–Trinajstić information content (AvgIpc) is 2.28. The first-order chi connectivity index (χ1) is 8.22. The zero-order valence-corrected chi connectivity index (χ0v) is 10.9. The van der Waals surface area contributed by atoms with Gasteiger partial charge in [0, 0.05) is 18.6 Å². The summed E-state index contributed by atoms with van der Waals surface area (Å²) >= 11 is 0. The van der Waals surface area contributed by atoms with E-state index in [1.165, 1.54) is 31.2 Å². The zero-order chi connectivity index (χ0) is 12.1. The molecule has 2 heteroatoms. The summed E-state index contributed by atoms with van der Waals surface area (Å²) in [4.78, 5) is 2.51. The first kappa shape index (κ1) is 12.6. The van der Waals surface area contributed by atoms with Gasteiger partial charge in [-0.3, -0.25) is 4.90 Å². The molecule has 1 saturated carbocycles. The van der Waals surface area contributed by atoms with Crippen molar-refractivity contribution in [2.24, 2.45) is 5.73 Å². The molecule has 2 nitrogen and oxygen atoms in total. The lowest BCUT2D eigenvalue weighted by Crippen LogP contribution is -2.54. The second-order valence-electron chi connectivity index (χ2n) is 5.41. The van der Waals surface area contributed by atoms with Gasteiger partial charge in [0.25, 0.3) is 0 Å². The summed E-state index contributed by atoms with van der Waals surface area (Å²) in [5.74, 6) is 0. The molecular weight excluding hydrogens is 208 g/mol. The van der Waals surface area contributed by atoms with Gasteiger partial charge in [-0.25, -0.2) is 0 Å². The van der Waals surface area contributed by atoms with Crippen LogP contribution in [0.2, 0.25) is 0 Å². The third kappa shape index (κ3) is 3.55. The van der Waals surface area contributed by atoms with E-state index in [2.05, 4.69) is 42.2 Å². The minimum absolute atomic E-state index is 0.101. The summed E-state index contributed by atoms with van der Waals surface area (Å²) in [6, 6.07) is 10.7. The minimum atomic E-state index is 0.101. The van der Waals surface area contributed by atoms with Gasteiger partial charge in [0.2, 0.25) is 0 Å². The maximum absolute atomic E-state index is 6.35. The van der Waals surface area contributed by atoms with Crippen molar-refractivity contribution in [3.05, 3.63) is 35.9 Å². The van der Waals surface area contributed by atoms with Crippen molar-refractivity contribution in [3.8, 4) is 0 Å². The molecule has 0 bridgehead atoms. The predicted octanol–water partition coefficient (Wildman–Crippen LogP) is 2.78. The van der Waals surface area contributed by atoms with Crippen LogP contribution in [0.3, 0.4) is 0 Å². The quantitative estimate of drug-likeness (QED) is 0.817. The molecule has 0 aromatic heterocycles. The fourth-order valence-electron chi connectivity index (χ4n) is 2.61. The third-order valence-electron chi connectivity index (χ3n) is 3.68. The number of hydrogen-bond donors (Lipinski definition) is 1. The van der Waals surface area contributed by atoms with Gasteiger partial charge in [-0.15, -0.1) is 0 Å². The maximum atomic E-state index is 6.35. The van der Waals surface area contributed by atoms with E-state index in [4.69, 9.17) is 5.73 Å². The molecule has 2 rings (SSSR count). The molecule has 0 atom stereocenters. The fourth-order valence-corrected chi connectivity index (χ4v) is 2.61. The summed E-state index contributed by atoms with van der Waals surface area (Å²) in [6.07, 6.45) is 4.90. The molecular formula is C15H24N2. The van der Waals surface area contributed by atoms with E-state index in [-0.39, 0.29) is 5.54 Å². The van der Waals surface area contributed by atoms with Crippen LogP contribution < -0.4 is 5.73 Å². The number of nitrogens with zero attached hydrogens (tertiary/aromatic N) is 1. The first-order valence-electron chi connectivity index (χ1n) is 6.77. The topological polar surface area (TPSA) is 29.3 Å². The largest absolute Gasteiger partial charge is 0.324 e. The lowest BCUT2D eigenvalue weighted by molar-refractivity contribution is 0.139. The Hall–Kier alpha value is -0.860. The van der Waals surface area contributed by atoms with E-state index in [0.717, 1.165) is 19.6 Å². The average molecular weight is 232 g/mol. The molecule has 1 aromatic carbocycles. The lowest BCUT2D eigenvalue weighted by Gasteiger charge is -2.42. The van der Waals surface area contributed by atoms with E-state index in [0.29, 0.717) is 0 Å². The van der Waals surface area contributed by atoms with Crippen molar-refractivity contribution in [2.75, 3.05) is 13.1 Å². The van der Waals surface area contributed by atoms with Crippen molar-refractivity contribution < 1.29 is 0 Å². The van der Waals surface area contributed by atoms with Crippen molar-refractivity contribution in [1.82, 2.24) is 4.90 Å². The molecule has 0 radical (unpaired) electrons. The Bertz CT molecular complexity index is 330. The Labute approximate surface area is 105 Å². The van der Waals surface area contributed by atoms with Gasteiger partial charge in [0.1, 0.15) is 0 Å². The van der Waals surface area contributed by atoms with E-state index in [1.807, 2.05) is 0 Å². The Morgan fingerprint density at radius 2 is 1.94 bits per heavy atom. The monoisotopic (exact) mass is 232 g/mol. The molecule has 2 N–H and O–H groups in total. The molecule has 1 fully saturated rings. The highest BCUT2D eigenvalue weighted by Crippen LogP contribution is 2.30. The van der Waals surface area contributed by atoms with Crippen molar-refractivity contribution in [2.45, 2.75) is 44.7 Å². The van der Waals surface area contributed by atoms with Crippen molar-refractivity contribution in [3.63, 3.8) is 0 Å². The van der Waals surface area contributed by atoms with E-state index in [1.54, 1.807) is 0 Å². The molecule has 0 aliphatic heterocycles. The SMILES string of the molecule is CCCN(Cc1ccccc1)CC1(N)CCC1. The van der Waals surface area contributed by atoms with Gasteiger partial charge in [0.05, 0.1) is 0 Å². The van der Waals surface area contributed by atoms with Gasteiger partial charge in [-0.05, 0) is 37.8 Å².